The zero-order chi connectivity index (χ0) is 66.8. The second kappa shape index (κ2) is 36.8. The number of nitrogens with two attached hydrogens (primary N) is 2. The van der Waals surface area contributed by atoms with E-state index in [9.17, 15) is 93.0 Å². The van der Waals surface area contributed by atoms with E-state index in [-0.39, 0.29) is 62.4 Å². The van der Waals surface area contributed by atoms with Crippen LogP contribution < -0.4 is 64.6 Å². The van der Waals surface area contributed by atoms with E-state index in [4.69, 9.17) is 11.5 Å². The van der Waals surface area contributed by atoms with E-state index in [1.54, 1.807) is 20.1 Å². The van der Waals surface area contributed by atoms with Crippen LogP contribution in [-0.2, 0) is 75.2 Å². The molecule has 89 heavy (non-hydrogen) atoms. The number of primary amides is 1. The van der Waals surface area contributed by atoms with Gasteiger partial charge in [0.2, 0.25) is 70.9 Å². The van der Waals surface area contributed by atoms with Gasteiger partial charge < -0.3 is 110 Å². The van der Waals surface area contributed by atoms with E-state index in [2.05, 4.69) is 67.8 Å². The third-order valence-electron chi connectivity index (χ3n) is 13.6. The molecule has 1 fully saturated rings. The lowest BCUT2D eigenvalue weighted by Crippen LogP contribution is -2.63. The van der Waals surface area contributed by atoms with Crippen LogP contribution in [0.3, 0.4) is 0 Å². The molecule has 496 valence electrons. The summed E-state index contributed by atoms with van der Waals surface area (Å²) in [7, 11) is 0. The molecular weight excluding hydrogens is 1200 g/mol. The molecular formula is C52H83N17O19S. The average Bonchev–Trinajstić information content (AvgIpc) is 2.17. The molecule has 0 unspecified atom stereocenters. The minimum Gasteiger partial charge on any atom is -0.480 e. The number of aliphatic hydroxyl groups excluding tert-OH is 5. The predicted molar refractivity (Wildman–Crippen MR) is 311 cm³/mol. The molecule has 14 atom stereocenters. The fourth-order valence-corrected chi connectivity index (χ4v) is 9.31. The Morgan fingerprint density at radius 2 is 1.00 bits per heavy atom. The smallest absolute Gasteiger partial charge is 0.328 e. The molecule has 1 saturated heterocycles. The summed E-state index contributed by atoms with van der Waals surface area (Å²) in [5, 5.41) is 83.3. The Labute approximate surface area is 514 Å². The van der Waals surface area contributed by atoms with Crippen LogP contribution in [0.1, 0.15) is 78.1 Å². The summed E-state index contributed by atoms with van der Waals surface area (Å²) in [6.07, 6.45) is 2.15. The Balaban J connectivity index is 1.86. The van der Waals surface area contributed by atoms with Crippen LogP contribution in [0.5, 0.6) is 0 Å². The number of H-pyrrole nitrogens is 2. The van der Waals surface area contributed by atoms with Crippen LogP contribution in [0.15, 0.2) is 25.0 Å². The molecule has 0 saturated carbocycles. The SMILES string of the molecule is CSCC[C@H](NC(=O)[C@@H](NC(=O)[C@H](CC(C)C)NC(=O)[C@@H]1CCCN1C(=O)[C@H](CC(N)=O)NC(=O)[C@@H](NC(=O)[C@H](CO)NC(=O)[C@H](C)N)[C@@H](C)O)[C@@H](C)O)C(=O)N[C@@H](Cc1cnc[nH]1)C(=O)N[C@@H](Cc1cnc[nH]1)C(=O)N[C@@H](CO)C(=O)N[C@@H](CO)C(=O)O. The Morgan fingerprint density at radius 1 is 0.584 bits per heavy atom. The first-order valence-electron chi connectivity index (χ1n) is 28.2. The summed E-state index contributed by atoms with van der Waals surface area (Å²) < 4.78 is 0. The molecule has 36 nitrogen and oxygen atoms in total. The van der Waals surface area contributed by atoms with Gasteiger partial charge in [0, 0.05) is 43.2 Å². The molecule has 0 radical (unpaired) electrons. The number of imidazole rings is 2. The first kappa shape index (κ1) is 74.9. The number of likely N-dealkylation sites (tertiary alicyclic amines) is 1. The van der Waals surface area contributed by atoms with Crippen molar-refractivity contribution in [2.45, 2.75) is 164 Å². The van der Waals surface area contributed by atoms with Crippen LogP contribution in [-0.4, -0.2) is 255 Å². The molecule has 1 aliphatic heterocycles. The van der Waals surface area contributed by atoms with Crippen molar-refractivity contribution in [3.63, 3.8) is 0 Å². The Hall–Kier alpha value is -8.36. The molecule has 22 N–H and O–H groups in total. The van der Waals surface area contributed by atoms with Crippen LogP contribution in [0, 0.1) is 5.92 Å². The molecule has 3 heterocycles. The van der Waals surface area contributed by atoms with Crippen molar-refractivity contribution < 1.29 is 93.0 Å². The van der Waals surface area contributed by atoms with E-state index in [1.807, 2.05) is 5.32 Å². The molecule has 0 aliphatic carbocycles. The third kappa shape index (κ3) is 23.9. The Kier molecular flexibility index (Phi) is 31.0. The quantitative estimate of drug-likeness (QED) is 0.0297. The number of carbonyl (C=O) groups excluding carboxylic acids is 12. The van der Waals surface area contributed by atoms with Gasteiger partial charge >= 0.3 is 5.97 Å². The summed E-state index contributed by atoms with van der Waals surface area (Å²) in [4.78, 5) is 189. The number of nitrogens with one attached hydrogen (secondary N) is 12. The molecule has 3 rings (SSSR count). The van der Waals surface area contributed by atoms with Gasteiger partial charge in [-0.3, -0.25) is 57.5 Å². The molecule has 37 heteroatoms. The van der Waals surface area contributed by atoms with Crippen molar-refractivity contribution >= 4 is 88.6 Å². The normalized spacial score (nSPS) is 17.4. The fraction of sp³-hybridized carbons (Fsp3) is 0.635. The van der Waals surface area contributed by atoms with Crippen molar-refractivity contribution in [3.05, 3.63) is 36.4 Å². The van der Waals surface area contributed by atoms with Gasteiger partial charge in [-0.1, -0.05) is 13.8 Å². The number of amides is 12. The van der Waals surface area contributed by atoms with E-state index in [1.165, 1.54) is 43.7 Å². The van der Waals surface area contributed by atoms with E-state index in [0.717, 1.165) is 18.7 Å². The van der Waals surface area contributed by atoms with Gasteiger partial charge in [0.15, 0.2) is 0 Å². The molecule has 1 aliphatic rings. The van der Waals surface area contributed by atoms with Crippen molar-refractivity contribution in [2.24, 2.45) is 17.4 Å². The van der Waals surface area contributed by atoms with Crippen LogP contribution >= 0.6 is 11.8 Å². The third-order valence-corrected chi connectivity index (χ3v) is 14.3. The van der Waals surface area contributed by atoms with Crippen LogP contribution in [0.2, 0.25) is 0 Å². The number of aromatic nitrogens is 4. The number of hydrogen-bond donors (Lipinski definition) is 20. The van der Waals surface area contributed by atoms with E-state index < -0.39 is 188 Å². The monoisotopic (exact) mass is 1280 g/mol. The molecule has 2 aromatic heterocycles. The topological polar surface area (TPSA) is 576 Å². The zero-order valence-corrected chi connectivity index (χ0v) is 50.7. The second-order valence-corrected chi connectivity index (χ2v) is 22.4. The number of aliphatic carboxylic acids is 1. The van der Waals surface area contributed by atoms with Gasteiger partial charge in [-0.05, 0) is 64.4 Å². The van der Waals surface area contributed by atoms with Gasteiger partial charge in [-0.25, -0.2) is 14.8 Å². The number of carboxylic acids is 1. The number of aromatic amines is 2. The summed E-state index contributed by atoms with van der Waals surface area (Å²) >= 11 is 1.27. The van der Waals surface area contributed by atoms with Gasteiger partial charge in [-0.2, -0.15) is 11.8 Å². The highest BCUT2D eigenvalue weighted by atomic mass is 32.2. The maximum Gasteiger partial charge on any atom is 0.328 e. The molecule has 2 aromatic rings. The van der Waals surface area contributed by atoms with E-state index in [0.29, 0.717) is 5.69 Å². The van der Waals surface area contributed by atoms with Crippen molar-refractivity contribution in [2.75, 3.05) is 38.4 Å². The van der Waals surface area contributed by atoms with Gasteiger partial charge in [-0.15, -0.1) is 0 Å². The standard InChI is InChI=1S/C52H83N17O19S/c1-23(2)12-30(62-48(83)37-8-7-10-69(37)51(86)33(15-38(54)75)63-50(85)40(26(5)74)68-47(82)35(19-71)64-41(76)24(3)53)45(80)67-39(25(4)73)49(84)59-29(9-11-89-6)42(77)60-31(13-27-16-55-21-57-27)43(78)61-32(14-28-17-56-22-58-28)44(79)65-34(18-70)46(81)66-36(20-72)52(87)88/h16-17,21-26,29-37,39-40,70-74H,7-15,18-20,53H2,1-6H3,(H2,54,75)(H,55,57)(H,56,58)(H,59,84)(H,60,77)(H,61,78)(H,62,83)(H,63,85)(H,64,76)(H,65,79)(H,66,81)(H,67,80)(H,68,82)(H,87,88)/t24-,25+,26+,29-,30-,31-,32-,33-,34-,35-,36-,37-,39-,40-/m0/s1. The minimum absolute atomic E-state index is 0.00630. The van der Waals surface area contributed by atoms with Gasteiger partial charge in [0.05, 0.1) is 57.1 Å². The lowest BCUT2D eigenvalue weighted by atomic mass is 10.0. The maximum atomic E-state index is 14.3. The largest absolute Gasteiger partial charge is 0.480 e. The van der Waals surface area contributed by atoms with Crippen LogP contribution in [0.25, 0.3) is 0 Å². The minimum atomic E-state index is -1.84. The zero-order valence-electron chi connectivity index (χ0n) is 49.9. The number of rotatable bonds is 38. The second-order valence-electron chi connectivity index (χ2n) is 21.5. The predicted octanol–water partition coefficient (Wildman–Crippen LogP) is -9.40. The average molecular weight is 1280 g/mol. The first-order chi connectivity index (χ1) is 42.0. The molecule has 0 aromatic carbocycles. The van der Waals surface area contributed by atoms with Crippen molar-refractivity contribution in [3.8, 4) is 0 Å². The molecule has 0 spiro atoms. The molecule has 12 amide bonds. The summed E-state index contributed by atoms with van der Waals surface area (Å²) in [6, 6.07) is -19.1. The fourth-order valence-electron chi connectivity index (χ4n) is 8.84. The Morgan fingerprint density at radius 3 is 1.42 bits per heavy atom. The van der Waals surface area contributed by atoms with E-state index >= 15 is 0 Å². The van der Waals surface area contributed by atoms with Gasteiger partial charge in [0.25, 0.3) is 0 Å². The number of carboxylic acid groups (broad SMARTS) is 1. The number of carbonyl (C=O) groups is 13. The number of thioether (sulfide) groups is 1. The highest BCUT2D eigenvalue weighted by molar-refractivity contribution is 7.98. The first-order valence-corrected chi connectivity index (χ1v) is 29.6. The van der Waals surface area contributed by atoms with Crippen molar-refractivity contribution in [1.82, 2.24) is 78.0 Å². The number of nitrogens with zero attached hydrogens (tertiary/aromatic N) is 3. The molecule has 0 bridgehead atoms. The highest BCUT2D eigenvalue weighted by Gasteiger charge is 2.42. The van der Waals surface area contributed by atoms with Crippen molar-refractivity contribution in [1.29, 1.82) is 0 Å². The number of hydrogen-bond acceptors (Lipinski definition) is 22. The van der Waals surface area contributed by atoms with Gasteiger partial charge in [0.1, 0.15) is 66.5 Å². The lowest BCUT2D eigenvalue weighted by molar-refractivity contribution is -0.144. The Bertz CT molecular complexity index is 2740. The number of aliphatic hydroxyl groups is 5. The summed E-state index contributed by atoms with van der Waals surface area (Å²) in [6.45, 7) is 3.84. The summed E-state index contributed by atoms with van der Waals surface area (Å²) in [5.74, 6) is -14.2. The lowest BCUT2D eigenvalue weighted by Gasteiger charge is -2.31. The maximum absolute atomic E-state index is 14.3. The summed E-state index contributed by atoms with van der Waals surface area (Å²) in [5.41, 5.74) is 11.6. The van der Waals surface area contributed by atoms with Crippen LogP contribution in [0.4, 0.5) is 0 Å². The highest BCUT2D eigenvalue weighted by Crippen LogP contribution is 2.21.